The van der Waals surface area contributed by atoms with Gasteiger partial charge in [0, 0.05) is 50.2 Å². The van der Waals surface area contributed by atoms with E-state index in [4.69, 9.17) is 4.74 Å². The predicted molar refractivity (Wildman–Crippen MR) is 105 cm³/mol. The molecule has 2 aliphatic rings. The number of ether oxygens (including phenoxy) is 1. The van der Waals surface area contributed by atoms with Gasteiger partial charge in [0.2, 0.25) is 5.91 Å². The Morgan fingerprint density at radius 1 is 1.26 bits per heavy atom. The molecule has 2 saturated heterocycles. The number of rotatable bonds is 4. The summed E-state index contributed by atoms with van der Waals surface area (Å²) in [5, 5.41) is 9.98. The van der Waals surface area contributed by atoms with E-state index in [9.17, 15) is 9.90 Å². The summed E-state index contributed by atoms with van der Waals surface area (Å²) < 4.78 is 4.96. The lowest BCUT2D eigenvalue weighted by atomic mass is 9.74. The van der Waals surface area contributed by atoms with Gasteiger partial charge in [-0.15, -0.1) is 0 Å². The number of hydrogen-bond donors (Lipinski definition) is 1. The van der Waals surface area contributed by atoms with Gasteiger partial charge in [-0.2, -0.15) is 0 Å². The van der Waals surface area contributed by atoms with Crippen molar-refractivity contribution in [3.05, 3.63) is 35.4 Å². The first-order chi connectivity index (χ1) is 13.2. The van der Waals surface area contributed by atoms with Gasteiger partial charge in [0.25, 0.3) is 0 Å². The molecule has 0 aliphatic carbocycles. The number of benzene rings is 1. The van der Waals surface area contributed by atoms with Crippen LogP contribution < -0.4 is 0 Å². The number of carbonyl (C=O) groups excluding carboxylic acids is 1. The smallest absolute Gasteiger partial charge is 0.222 e. The maximum atomic E-state index is 12.3. The molecule has 3 rings (SSSR count). The zero-order chi connectivity index (χ0) is 19.2. The Hall–Kier alpha value is -1.87. The normalized spacial score (nSPS) is 25.4. The number of aliphatic hydroxyl groups excluding tert-OH is 1. The van der Waals surface area contributed by atoms with Crippen molar-refractivity contribution in [3.8, 4) is 11.8 Å². The third kappa shape index (κ3) is 4.35. The van der Waals surface area contributed by atoms with E-state index in [1.807, 2.05) is 24.0 Å². The summed E-state index contributed by atoms with van der Waals surface area (Å²) in [6, 6.07) is 8.72. The average Bonchev–Trinajstić information content (AvgIpc) is 2.67. The van der Waals surface area contributed by atoms with E-state index in [0.29, 0.717) is 13.0 Å². The van der Waals surface area contributed by atoms with Gasteiger partial charge in [0.15, 0.2) is 0 Å². The van der Waals surface area contributed by atoms with Crippen LogP contribution in [0.1, 0.15) is 43.2 Å². The fourth-order valence-electron chi connectivity index (χ4n) is 4.39. The van der Waals surface area contributed by atoms with Crippen LogP contribution in [0.3, 0.4) is 0 Å². The molecule has 146 valence electrons. The number of carbonyl (C=O) groups is 1. The van der Waals surface area contributed by atoms with Crippen LogP contribution in [-0.2, 0) is 9.53 Å². The van der Waals surface area contributed by atoms with Crippen LogP contribution in [0.25, 0.3) is 0 Å². The first-order valence-corrected chi connectivity index (χ1v) is 9.91. The molecule has 1 aromatic carbocycles. The average molecular weight is 370 g/mol. The van der Waals surface area contributed by atoms with E-state index in [0.717, 1.165) is 38.0 Å². The molecular weight excluding hydrogens is 340 g/mol. The van der Waals surface area contributed by atoms with Gasteiger partial charge in [-0.1, -0.05) is 30.9 Å². The van der Waals surface area contributed by atoms with E-state index in [1.165, 1.54) is 5.56 Å². The molecule has 1 N–H and O–H groups in total. The van der Waals surface area contributed by atoms with E-state index in [1.54, 1.807) is 7.11 Å². The minimum absolute atomic E-state index is 0.136. The fourth-order valence-corrected chi connectivity index (χ4v) is 4.39. The van der Waals surface area contributed by atoms with Gasteiger partial charge < -0.3 is 14.7 Å². The van der Waals surface area contributed by atoms with Crippen molar-refractivity contribution in [2.75, 3.05) is 40.0 Å². The fraction of sp³-hybridized carbons (Fsp3) is 0.591. The molecule has 0 bridgehead atoms. The van der Waals surface area contributed by atoms with E-state index < -0.39 is 0 Å². The molecule has 0 aromatic heterocycles. The third-order valence-corrected chi connectivity index (χ3v) is 5.77. The molecule has 2 fully saturated rings. The number of amides is 1. The number of aliphatic hydroxyl groups is 1. The molecular formula is C22H30N2O3. The lowest BCUT2D eigenvalue weighted by molar-refractivity contribution is -0.136. The minimum atomic E-state index is 0.136. The van der Waals surface area contributed by atoms with Gasteiger partial charge in [0.05, 0.1) is 6.61 Å². The molecule has 1 aromatic rings. The second kappa shape index (κ2) is 9.36. The second-order valence-electron chi connectivity index (χ2n) is 7.34. The molecule has 2 heterocycles. The zero-order valence-electron chi connectivity index (χ0n) is 16.4. The minimum Gasteiger partial charge on any atom is -0.395 e. The van der Waals surface area contributed by atoms with Crippen molar-refractivity contribution in [3.63, 3.8) is 0 Å². The second-order valence-corrected chi connectivity index (χ2v) is 7.34. The number of methoxy groups -OCH3 is 1. The Balaban J connectivity index is 1.78. The summed E-state index contributed by atoms with van der Waals surface area (Å²) in [5.41, 5.74) is 2.19. The lowest BCUT2D eigenvalue weighted by Gasteiger charge is -2.57. The van der Waals surface area contributed by atoms with Crippen LogP contribution >= 0.6 is 0 Å². The summed E-state index contributed by atoms with van der Waals surface area (Å²) >= 11 is 0. The number of fused-ring (bicyclic) bond motifs is 1. The van der Waals surface area contributed by atoms with Crippen molar-refractivity contribution >= 4 is 5.91 Å². The Labute approximate surface area is 162 Å². The van der Waals surface area contributed by atoms with Gasteiger partial charge in [-0.05, 0) is 37.1 Å². The van der Waals surface area contributed by atoms with Crippen molar-refractivity contribution in [2.45, 2.75) is 44.2 Å². The first-order valence-electron chi connectivity index (χ1n) is 9.91. The molecule has 5 heteroatoms. The summed E-state index contributed by atoms with van der Waals surface area (Å²) in [4.78, 5) is 16.7. The highest BCUT2D eigenvalue weighted by molar-refractivity contribution is 5.75. The van der Waals surface area contributed by atoms with Crippen molar-refractivity contribution in [2.24, 2.45) is 0 Å². The Kier molecular flexibility index (Phi) is 6.89. The van der Waals surface area contributed by atoms with E-state index >= 15 is 0 Å². The van der Waals surface area contributed by atoms with Crippen molar-refractivity contribution in [1.29, 1.82) is 0 Å². The molecule has 1 amide bonds. The summed E-state index contributed by atoms with van der Waals surface area (Å²) in [6.45, 7) is 5.11. The maximum absolute atomic E-state index is 12.3. The lowest BCUT2D eigenvalue weighted by Crippen LogP contribution is -2.67. The number of hydrogen-bond acceptors (Lipinski definition) is 4. The van der Waals surface area contributed by atoms with Crippen LogP contribution in [0.4, 0.5) is 0 Å². The van der Waals surface area contributed by atoms with Crippen molar-refractivity contribution in [1.82, 2.24) is 9.80 Å². The predicted octanol–water partition coefficient (Wildman–Crippen LogP) is 1.85. The Morgan fingerprint density at radius 3 is 2.67 bits per heavy atom. The first kappa shape index (κ1) is 19.9. The highest BCUT2D eigenvalue weighted by Crippen LogP contribution is 2.41. The van der Waals surface area contributed by atoms with E-state index in [-0.39, 0.29) is 30.5 Å². The maximum Gasteiger partial charge on any atom is 0.222 e. The standard InChI is InChI=1S/C22H30N2O3/c1-3-21(26)23-12-4-5-13-24-19(15-23)22(20(24)16-25)18-10-8-17(9-11-18)7-6-14-27-2/h8-11,19-20,22,25H,3-5,12-16H2,1-2H3/t19-,20+,22+/m1/s1. The van der Waals surface area contributed by atoms with E-state index in [2.05, 4.69) is 28.9 Å². The van der Waals surface area contributed by atoms with Gasteiger partial charge >= 0.3 is 0 Å². The SMILES string of the molecule is CCC(=O)N1CCCCN2[C@H](C1)[C@H](c1ccc(C#CCOC)cc1)[C@@H]2CO. The van der Waals surface area contributed by atoms with Crippen molar-refractivity contribution < 1.29 is 14.6 Å². The number of nitrogens with zero attached hydrogens (tertiary/aromatic N) is 2. The largest absolute Gasteiger partial charge is 0.395 e. The van der Waals surface area contributed by atoms with Gasteiger partial charge in [-0.3, -0.25) is 9.69 Å². The molecule has 0 spiro atoms. The highest BCUT2D eigenvalue weighted by atomic mass is 16.5. The molecule has 27 heavy (non-hydrogen) atoms. The monoisotopic (exact) mass is 370 g/mol. The molecule has 0 saturated carbocycles. The Morgan fingerprint density at radius 2 is 2.00 bits per heavy atom. The topological polar surface area (TPSA) is 53.0 Å². The third-order valence-electron chi connectivity index (χ3n) is 5.77. The molecule has 0 radical (unpaired) electrons. The van der Waals surface area contributed by atoms with Crippen LogP contribution in [0.5, 0.6) is 0 Å². The Bertz CT molecular complexity index is 692. The summed E-state index contributed by atoms with van der Waals surface area (Å²) in [5.74, 6) is 6.54. The summed E-state index contributed by atoms with van der Waals surface area (Å²) in [7, 11) is 1.64. The van der Waals surface area contributed by atoms with Gasteiger partial charge in [-0.25, -0.2) is 0 Å². The highest BCUT2D eigenvalue weighted by Gasteiger charge is 2.49. The quantitative estimate of drug-likeness (QED) is 0.822. The molecule has 5 nitrogen and oxygen atoms in total. The zero-order valence-corrected chi connectivity index (χ0v) is 16.4. The van der Waals surface area contributed by atoms with Crippen LogP contribution in [0.15, 0.2) is 24.3 Å². The van der Waals surface area contributed by atoms with Crippen LogP contribution in [-0.4, -0.2) is 72.9 Å². The molecule has 2 aliphatic heterocycles. The van der Waals surface area contributed by atoms with Crippen LogP contribution in [0.2, 0.25) is 0 Å². The van der Waals surface area contributed by atoms with Gasteiger partial charge in [0.1, 0.15) is 6.61 Å². The molecule has 3 atom stereocenters. The summed E-state index contributed by atoms with van der Waals surface area (Å²) in [6.07, 6.45) is 2.66. The molecule has 0 unspecified atom stereocenters. The van der Waals surface area contributed by atoms with Crippen LogP contribution in [0, 0.1) is 11.8 Å².